The second-order valence-electron chi connectivity index (χ2n) is 8.03. The first-order valence-electron chi connectivity index (χ1n) is 9.77. The predicted octanol–water partition coefficient (Wildman–Crippen LogP) is 3.75. The highest BCUT2D eigenvalue weighted by atomic mass is 79.9. The molecular formula is C21H21BrClN5O2. The van der Waals surface area contributed by atoms with E-state index in [0.29, 0.717) is 18.0 Å². The van der Waals surface area contributed by atoms with Crippen LogP contribution < -0.4 is 9.64 Å². The molecule has 156 valence electrons. The number of benzene rings is 1. The molecule has 2 aromatic heterocycles. The van der Waals surface area contributed by atoms with Gasteiger partial charge in [-0.15, -0.1) is 5.10 Å². The van der Waals surface area contributed by atoms with E-state index in [2.05, 4.69) is 43.3 Å². The van der Waals surface area contributed by atoms with E-state index in [0.717, 1.165) is 40.1 Å². The Morgan fingerprint density at radius 1 is 1.30 bits per heavy atom. The van der Waals surface area contributed by atoms with Crippen molar-refractivity contribution in [2.75, 3.05) is 18.6 Å². The van der Waals surface area contributed by atoms with Gasteiger partial charge in [0.25, 0.3) is 0 Å². The van der Waals surface area contributed by atoms with Gasteiger partial charge < -0.3 is 14.7 Å². The van der Waals surface area contributed by atoms with Crippen LogP contribution in [-0.4, -0.2) is 44.8 Å². The highest BCUT2D eigenvalue weighted by molar-refractivity contribution is 9.10. The molecule has 3 aromatic rings. The van der Waals surface area contributed by atoms with E-state index >= 15 is 0 Å². The van der Waals surface area contributed by atoms with Crippen molar-refractivity contribution >= 4 is 33.3 Å². The molecule has 0 amide bonds. The van der Waals surface area contributed by atoms with Gasteiger partial charge in [0.1, 0.15) is 11.6 Å². The van der Waals surface area contributed by atoms with Crippen LogP contribution in [0.5, 0.6) is 5.75 Å². The molecule has 1 spiro atoms. The number of rotatable bonds is 4. The number of aliphatic hydroxyl groups excluding tert-OH is 1. The van der Waals surface area contributed by atoms with Crippen molar-refractivity contribution in [2.45, 2.75) is 36.9 Å². The number of hydrogen-bond donors (Lipinski definition) is 1. The van der Waals surface area contributed by atoms with Gasteiger partial charge in [-0.1, -0.05) is 28.9 Å². The van der Waals surface area contributed by atoms with Crippen molar-refractivity contribution in [3.63, 3.8) is 0 Å². The van der Waals surface area contributed by atoms with E-state index < -0.39 is 6.10 Å². The van der Waals surface area contributed by atoms with Gasteiger partial charge in [-0.2, -0.15) is 0 Å². The fraction of sp³-hybridized carbons (Fsp3) is 0.381. The molecule has 0 bridgehead atoms. The summed E-state index contributed by atoms with van der Waals surface area (Å²) in [6, 6.07) is 7.90. The van der Waals surface area contributed by atoms with Gasteiger partial charge in [-0.05, 0) is 46.5 Å². The third-order valence-electron chi connectivity index (χ3n) is 6.23. The molecule has 5 rings (SSSR count). The Bertz CT molecular complexity index is 1060. The number of fused-ring (bicyclic) bond motifs is 2. The highest BCUT2D eigenvalue weighted by Gasteiger charge is 2.54. The van der Waals surface area contributed by atoms with Crippen LogP contribution in [0.25, 0.3) is 0 Å². The lowest BCUT2D eigenvalue weighted by molar-refractivity contribution is 0.127. The van der Waals surface area contributed by atoms with E-state index in [1.165, 1.54) is 0 Å². The number of anilines is 1. The number of pyridine rings is 1. The Morgan fingerprint density at radius 3 is 2.80 bits per heavy atom. The number of halogens is 2. The molecule has 1 N–H and O–H groups in total. The van der Waals surface area contributed by atoms with Crippen LogP contribution in [0.1, 0.15) is 30.0 Å². The molecule has 1 aliphatic heterocycles. The fourth-order valence-corrected chi connectivity index (χ4v) is 5.56. The zero-order valence-corrected chi connectivity index (χ0v) is 18.7. The fourth-order valence-electron chi connectivity index (χ4n) is 4.92. The molecule has 3 heterocycles. The molecular weight excluding hydrogens is 470 g/mol. The van der Waals surface area contributed by atoms with Crippen molar-refractivity contribution in [2.24, 2.45) is 0 Å². The van der Waals surface area contributed by atoms with Crippen LogP contribution in [0.15, 0.2) is 47.3 Å². The van der Waals surface area contributed by atoms with Gasteiger partial charge in [0.15, 0.2) is 0 Å². The summed E-state index contributed by atoms with van der Waals surface area (Å²) < 4.78 is 7.79. The minimum atomic E-state index is -0.532. The van der Waals surface area contributed by atoms with Gasteiger partial charge in [0, 0.05) is 36.5 Å². The smallest absolute Gasteiger partial charge is 0.134 e. The number of aromatic nitrogens is 4. The molecule has 3 unspecified atom stereocenters. The van der Waals surface area contributed by atoms with Crippen molar-refractivity contribution in [3.05, 3.63) is 63.5 Å². The molecule has 1 fully saturated rings. The summed E-state index contributed by atoms with van der Waals surface area (Å²) in [5, 5.41) is 19.6. The maximum Gasteiger partial charge on any atom is 0.134 e. The first kappa shape index (κ1) is 19.8. The summed E-state index contributed by atoms with van der Waals surface area (Å²) >= 11 is 10.3. The SMILES string of the molecule is COc1ccc(CN2CC3(CC(O)C(n4ccnn4)C3)c3c2ncc(Br)c3Cl)cc1. The van der Waals surface area contributed by atoms with E-state index in [9.17, 15) is 5.11 Å². The summed E-state index contributed by atoms with van der Waals surface area (Å²) in [5.41, 5.74) is 1.87. The van der Waals surface area contributed by atoms with E-state index in [1.54, 1.807) is 30.4 Å². The Labute approximate surface area is 187 Å². The van der Waals surface area contributed by atoms with Gasteiger partial charge in [0.05, 0.1) is 34.9 Å². The van der Waals surface area contributed by atoms with Crippen molar-refractivity contribution < 1.29 is 9.84 Å². The van der Waals surface area contributed by atoms with Crippen LogP contribution in [0.4, 0.5) is 5.82 Å². The normalized spacial score (nSPS) is 25.1. The van der Waals surface area contributed by atoms with Crippen LogP contribution in [0.2, 0.25) is 5.02 Å². The molecule has 1 aromatic carbocycles. The molecule has 30 heavy (non-hydrogen) atoms. The van der Waals surface area contributed by atoms with E-state index in [-0.39, 0.29) is 11.5 Å². The summed E-state index contributed by atoms with van der Waals surface area (Å²) in [6.07, 6.45) is 5.99. The second kappa shape index (κ2) is 7.51. The Hall–Kier alpha value is -2.16. The van der Waals surface area contributed by atoms with Crippen LogP contribution in [0, 0.1) is 0 Å². The lowest BCUT2D eigenvalue weighted by atomic mass is 9.81. The van der Waals surface area contributed by atoms with E-state index in [4.69, 9.17) is 21.3 Å². The lowest BCUT2D eigenvalue weighted by Crippen LogP contribution is -2.32. The minimum absolute atomic E-state index is 0.142. The third kappa shape index (κ3) is 3.18. The maximum absolute atomic E-state index is 10.9. The predicted molar refractivity (Wildman–Crippen MR) is 117 cm³/mol. The maximum atomic E-state index is 10.9. The first-order chi connectivity index (χ1) is 14.5. The molecule has 0 radical (unpaired) electrons. The largest absolute Gasteiger partial charge is 0.497 e. The molecule has 1 aliphatic carbocycles. The van der Waals surface area contributed by atoms with Crippen LogP contribution in [0.3, 0.4) is 0 Å². The molecule has 9 heteroatoms. The topological polar surface area (TPSA) is 76.3 Å². The molecule has 7 nitrogen and oxygen atoms in total. The van der Waals surface area contributed by atoms with Gasteiger partial charge in [-0.25, -0.2) is 9.67 Å². The van der Waals surface area contributed by atoms with Gasteiger partial charge >= 0.3 is 0 Å². The van der Waals surface area contributed by atoms with Crippen molar-refractivity contribution in [3.8, 4) is 5.75 Å². The van der Waals surface area contributed by atoms with E-state index in [1.807, 2.05) is 12.1 Å². The van der Waals surface area contributed by atoms with Gasteiger partial charge in [0.2, 0.25) is 0 Å². The number of hydrogen-bond acceptors (Lipinski definition) is 6. The number of nitrogens with zero attached hydrogens (tertiary/aromatic N) is 5. The summed E-state index contributed by atoms with van der Waals surface area (Å²) in [7, 11) is 1.66. The standard InChI is InChI=1S/C21H21BrClN5O2/c1-30-14-4-2-13(3-5-14)11-27-12-21(18-19(23)15(22)10-24-20(18)27)8-16(17(29)9-21)28-7-6-25-26-28/h2-7,10,16-17,29H,8-9,11-12H2,1H3. The Balaban J connectivity index is 1.52. The third-order valence-corrected chi connectivity index (χ3v) is 7.46. The number of aliphatic hydroxyl groups is 1. The Morgan fingerprint density at radius 2 is 2.10 bits per heavy atom. The number of ether oxygens (including phenoxy) is 1. The second-order valence-corrected chi connectivity index (χ2v) is 9.26. The summed E-state index contributed by atoms with van der Waals surface area (Å²) in [6.45, 7) is 1.44. The molecule has 1 saturated carbocycles. The van der Waals surface area contributed by atoms with Crippen molar-refractivity contribution in [1.29, 1.82) is 0 Å². The molecule has 3 atom stereocenters. The van der Waals surface area contributed by atoms with Gasteiger partial charge in [-0.3, -0.25) is 0 Å². The molecule has 2 aliphatic rings. The zero-order valence-electron chi connectivity index (χ0n) is 16.4. The quantitative estimate of drug-likeness (QED) is 0.600. The highest BCUT2D eigenvalue weighted by Crippen LogP contribution is 2.56. The minimum Gasteiger partial charge on any atom is -0.497 e. The van der Waals surface area contributed by atoms with Crippen molar-refractivity contribution in [1.82, 2.24) is 20.0 Å². The Kier molecular flexibility index (Phi) is 4.95. The average Bonchev–Trinajstić information content (AvgIpc) is 3.44. The van der Waals surface area contributed by atoms with Crippen LogP contribution in [-0.2, 0) is 12.0 Å². The van der Waals surface area contributed by atoms with Crippen LogP contribution >= 0.6 is 27.5 Å². The zero-order chi connectivity index (χ0) is 20.9. The molecule has 0 saturated heterocycles. The first-order valence-corrected chi connectivity index (χ1v) is 10.9. The monoisotopic (exact) mass is 489 g/mol. The summed E-state index contributed by atoms with van der Waals surface area (Å²) in [4.78, 5) is 6.97. The summed E-state index contributed by atoms with van der Waals surface area (Å²) in [5.74, 6) is 1.71. The lowest BCUT2D eigenvalue weighted by Gasteiger charge is -2.26. The average molecular weight is 491 g/mol. The number of methoxy groups -OCH3 is 1.